The van der Waals surface area contributed by atoms with Crippen molar-refractivity contribution in [3.05, 3.63) is 60.4 Å². The van der Waals surface area contributed by atoms with Crippen molar-refractivity contribution in [3.63, 3.8) is 0 Å². The summed E-state index contributed by atoms with van der Waals surface area (Å²) >= 11 is 0. The molecule has 3 aromatic rings. The summed E-state index contributed by atoms with van der Waals surface area (Å²) in [5.41, 5.74) is 10.2. The molecule has 3 heteroatoms. The van der Waals surface area contributed by atoms with Crippen molar-refractivity contribution < 1.29 is 0 Å². The SMILES string of the molecule is CC(CN)c1c(-c2ccccc2)nc2ccccn12. The summed E-state index contributed by atoms with van der Waals surface area (Å²) in [6.07, 6.45) is 2.05. The molecule has 0 saturated heterocycles. The molecule has 0 radical (unpaired) electrons. The van der Waals surface area contributed by atoms with Gasteiger partial charge in [0.25, 0.3) is 0 Å². The number of nitrogens with zero attached hydrogens (tertiary/aromatic N) is 2. The van der Waals surface area contributed by atoms with Crippen LogP contribution in [-0.2, 0) is 0 Å². The van der Waals surface area contributed by atoms with Crippen molar-refractivity contribution in [2.24, 2.45) is 5.73 Å². The van der Waals surface area contributed by atoms with Gasteiger partial charge in [0.15, 0.2) is 0 Å². The molecule has 3 rings (SSSR count). The Morgan fingerprint density at radius 2 is 1.84 bits per heavy atom. The van der Waals surface area contributed by atoms with Crippen LogP contribution in [0.15, 0.2) is 54.7 Å². The number of aromatic nitrogens is 2. The second kappa shape index (κ2) is 4.86. The maximum atomic E-state index is 5.86. The highest BCUT2D eigenvalue weighted by Gasteiger charge is 2.17. The van der Waals surface area contributed by atoms with Gasteiger partial charge in [0, 0.05) is 24.2 Å². The quantitative estimate of drug-likeness (QED) is 0.777. The second-order valence-electron chi connectivity index (χ2n) is 4.78. The molecule has 1 atom stereocenters. The molecule has 0 fully saturated rings. The van der Waals surface area contributed by atoms with Crippen LogP contribution in [0.25, 0.3) is 16.9 Å². The third-order valence-corrected chi connectivity index (χ3v) is 3.43. The lowest BCUT2D eigenvalue weighted by atomic mass is 10.0. The van der Waals surface area contributed by atoms with E-state index in [1.54, 1.807) is 0 Å². The van der Waals surface area contributed by atoms with E-state index in [0.29, 0.717) is 6.54 Å². The highest BCUT2D eigenvalue weighted by atomic mass is 15.0. The van der Waals surface area contributed by atoms with E-state index in [2.05, 4.69) is 29.7 Å². The number of hydrogen-bond acceptors (Lipinski definition) is 2. The summed E-state index contributed by atoms with van der Waals surface area (Å²) in [4.78, 5) is 4.76. The van der Waals surface area contributed by atoms with E-state index in [-0.39, 0.29) is 5.92 Å². The maximum Gasteiger partial charge on any atom is 0.137 e. The number of imidazole rings is 1. The molecule has 0 bridgehead atoms. The summed E-state index contributed by atoms with van der Waals surface area (Å²) in [5.74, 6) is 0.271. The van der Waals surface area contributed by atoms with E-state index < -0.39 is 0 Å². The molecule has 1 aromatic carbocycles. The molecule has 19 heavy (non-hydrogen) atoms. The standard InChI is InChI=1S/C16H17N3/c1-12(11-17)16-15(13-7-3-2-4-8-13)18-14-9-5-6-10-19(14)16/h2-10,12H,11,17H2,1H3. The van der Waals surface area contributed by atoms with Crippen molar-refractivity contribution in [1.82, 2.24) is 9.38 Å². The Hall–Kier alpha value is -2.13. The minimum atomic E-state index is 0.271. The minimum Gasteiger partial charge on any atom is -0.330 e. The van der Waals surface area contributed by atoms with Gasteiger partial charge in [-0.3, -0.25) is 0 Å². The monoisotopic (exact) mass is 251 g/mol. The molecule has 3 nitrogen and oxygen atoms in total. The van der Waals surface area contributed by atoms with Gasteiger partial charge < -0.3 is 10.1 Å². The molecule has 1 unspecified atom stereocenters. The van der Waals surface area contributed by atoms with Crippen LogP contribution in [0.1, 0.15) is 18.5 Å². The van der Waals surface area contributed by atoms with Crippen molar-refractivity contribution >= 4 is 5.65 Å². The highest BCUT2D eigenvalue weighted by Crippen LogP contribution is 2.29. The third kappa shape index (κ3) is 2.02. The smallest absolute Gasteiger partial charge is 0.137 e. The van der Waals surface area contributed by atoms with Gasteiger partial charge in [-0.1, -0.05) is 43.3 Å². The van der Waals surface area contributed by atoms with Crippen molar-refractivity contribution in [3.8, 4) is 11.3 Å². The first-order chi connectivity index (χ1) is 9.31. The number of nitrogens with two attached hydrogens (primary N) is 1. The molecule has 96 valence electrons. The lowest BCUT2D eigenvalue weighted by molar-refractivity contribution is 0.738. The van der Waals surface area contributed by atoms with E-state index in [1.807, 2.05) is 36.4 Å². The maximum absolute atomic E-state index is 5.86. The molecule has 0 aliphatic heterocycles. The predicted molar refractivity (Wildman–Crippen MR) is 78.1 cm³/mol. The summed E-state index contributed by atoms with van der Waals surface area (Å²) in [5, 5.41) is 0. The fourth-order valence-corrected chi connectivity index (χ4v) is 2.41. The van der Waals surface area contributed by atoms with Gasteiger partial charge in [-0.15, -0.1) is 0 Å². The average Bonchev–Trinajstić information content (AvgIpc) is 2.87. The molecule has 0 amide bonds. The first-order valence-corrected chi connectivity index (χ1v) is 6.53. The van der Waals surface area contributed by atoms with Gasteiger partial charge in [0.1, 0.15) is 5.65 Å². The summed E-state index contributed by atoms with van der Waals surface area (Å²) in [7, 11) is 0. The van der Waals surface area contributed by atoms with Crippen LogP contribution in [0.2, 0.25) is 0 Å². The highest BCUT2D eigenvalue weighted by molar-refractivity contribution is 5.67. The van der Waals surface area contributed by atoms with Gasteiger partial charge >= 0.3 is 0 Å². The Balaban J connectivity index is 2.29. The van der Waals surface area contributed by atoms with E-state index in [1.165, 1.54) is 5.69 Å². The fraction of sp³-hybridized carbons (Fsp3) is 0.188. The van der Waals surface area contributed by atoms with Crippen molar-refractivity contribution in [1.29, 1.82) is 0 Å². The molecule has 0 aliphatic rings. The minimum absolute atomic E-state index is 0.271. The molecular formula is C16H17N3. The second-order valence-corrected chi connectivity index (χ2v) is 4.78. The Morgan fingerprint density at radius 3 is 2.58 bits per heavy atom. The molecular weight excluding hydrogens is 234 g/mol. The van der Waals surface area contributed by atoms with Crippen LogP contribution in [0.5, 0.6) is 0 Å². The van der Waals surface area contributed by atoms with E-state index >= 15 is 0 Å². The van der Waals surface area contributed by atoms with E-state index in [0.717, 1.165) is 16.9 Å². The van der Waals surface area contributed by atoms with Gasteiger partial charge in [-0.05, 0) is 12.1 Å². The Morgan fingerprint density at radius 1 is 1.11 bits per heavy atom. The molecule has 0 spiro atoms. The first kappa shape index (κ1) is 11.9. The Bertz CT molecular complexity index is 686. The number of rotatable bonds is 3. The van der Waals surface area contributed by atoms with Crippen LogP contribution in [0, 0.1) is 0 Å². The summed E-state index contributed by atoms with van der Waals surface area (Å²) in [6, 6.07) is 16.3. The van der Waals surface area contributed by atoms with Crippen LogP contribution in [0.3, 0.4) is 0 Å². The van der Waals surface area contributed by atoms with Crippen molar-refractivity contribution in [2.75, 3.05) is 6.54 Å². The average molecular weight is 251 g/mol. The first-order valence-electron chi connectivity index (χ1n) is 6.53. The van der Waals surface area contributed by atoms with Gasteiger partial charge in [-0.25, -0.2) is 4.98 Å². The zero-order valence-electron chi connectivity index (χ0n) is 11.0. The fourth-order valence-electron chi connectivity index (χ4n) is 2.41. The van der Waals surface area contributed by atoms with Crippen LogP contribution < -0.4 is 5.73 Å². The van der Waals surface area contributed by atoms with E-state index in [9.17, 15) is 0 Å². The zero-order chi connectivity index (χ0) is 13.2. The van der Waals surface area contributed by atoms with Crippen LogP contribution in [0.4, 0.5) is 0 Å². The third-order valence-electron chi connectivity index (χ3n) is 3.43. The normalized spacial score (nSPS) is 12.7. The largest absolute Gasteiger partial charge is 0.330 e. The van der Waals surface area contributed by atoms with E-state index in [4.69, 9.17) is 10.7 Å². The molecule has 0 aliphatic carbocycles. The summed E-state index contributed by atoms with van der Waals surface area (Å²) < 4.78 is 2.14. The summed E-state index contributed by atoms with van der Waals surface area (Å²) in [6.45, 7) is 2.76. The van der Waals surface area contributed by atoms with Crippen molar-refractivity contribution in [2.45, 2.75) is 12.8 Å². The molecule has 2 heterocycles. The molecule has 2 aromatic heterocycles. The molecule has 0 saturated carbocycles. The number of hydrogen-bond donors (Lipinski definition) is 1. The Kier molecular flexibility index (Phi) is 3.05. The number of fused-ring (bicyclic) bond motifs is 1. The number of pyridine rings is 1. The predicted octanol–water partition coefficient (Wildman–Crippen LogP) is 3.06. The van der Waals surface area contributed by atoms with Crippen LogP contribution >= 0.6 is 0 Å². The topological polar surface area (TPSA) is 43.3 Å². The molecule has 2 N–H and O–H groups in total. The number of benzene rings is 1. The lowest BCUT2D eigenvalue weighted by Crippen LogP contribution is -2.11. The lowest BCUT2D eigenvalue weighted by Gasteiger charge is -2.11. The van der Waals surface area contributed by atoms with Gasteiger partial charge in [0.2, 0.25) is 0 Å². The Labute approximate surface area is 112 Å². The van der Waals surface area contributed by atoms with Gasteiger partial charge in [-0.2, -0.15) is 0 Å². The zero-order valence-corrected chi connectivity index (χ0v) is 11.0. The van der Waals surface area contributed by atoms with Crippen LogP contribution in [-0.4, -0.2) is 15.9 Å². The van der Waals surface area contributed by atoms with Gasteiger partial charge in [0.05, 0.1) is 11.4 Å².